The average molecular weight is 214 g/mol. The van der Waals surface area contributed by atoms with Crippen molar-refractivity contribution >= 4 is 27.5 Å². The largest absolute Gasteiger partial charge is 0.123 e. The molecule has 9 heavy (non-hydrogen) atoms. The standard InChI is InChI=1S/C7H14BrCl/c1-3-7(9)5-4-6(2)8/h6-7H,3-5H2,1-2H3. The molecule has 56 valence electrons. The maximum Gasteiger partial charge on any atom is 0.0333 e. The normalized spacial score (nSPS) is 17.3. The Balaban J connectivity index is 3.06. The first-order valence-electron chi connectivity index (χ1n) is 3.45. The Morgan fingerprint density at radius 3 is 2.33 bits per heavy atom. The fraction of sp³-hybridized carbons (Fsp3) is 1.00. The average Bonchev–Trinajstić information content (AvgIpc) is 1.83. The second-order valence-corrected chi connectivity index (χ2v) is 4.54. The van der Waals surface area contributed by atoms with Gasteiger partial charge in [0, 0.05) is 10.2 Å². The third-order valence-corrected chi connectivity index (χ3v) is 2.31. The maximum atomic E-state index is 5.89. The molecule has 0 saturated carbocycles. The first-order chi connectivity index (χ1) is 4.16. The molecule has 0 saturated heterocycles. The van der Waals surface area contributed by atoms with Crippen LogP contribution in [0.1, 0.15) is 33.1 Å². The highest BCUT2D eigenvalue weighted by Crippen LogP contribution is 2.14. The Labute approximate surface area is 71.1 Å². The maximum absolute atomic E-state index is 5.89. The molecule has 0 rings (SSSR count). The summed E-state index contributed by atoms with van der Waals surface area (Å²) in [6.07, 6.45) is 3.40. The molecule has 0 fully saturated rings. The van der Waals surface area contributed by atoms with Crippen LogP contribution in [0.3, 0.4) is 0 Å². The quantitative estimate of drug-likeness (QED) is 0.627. The van der Waals surface area contributed by atoms with Gasteiger partial charge in [0.2, 0.25) is 0 Å². The summed E-state index contributed by atoms with van der Waals surface area (Å²) >= 11 is 9.36. The topological polar surface area (TPSA) is 0 Å². The van der Waals surface area contributed by atoms with Gasteiger partial charge in [-0.25, -0.2) is 0 Å². The Kier molecular flexibility index (Phi) is 6.02. The molecule has 0 aromatic carbocycles. The number of hydrogen-bond acceptors (Lipinski definition) is 0. The van der Waals surface area contributed by atoms with Crippen LogP contribution in [0.5, 0.6) is 0 Å². The summed E-state index contributed by atoms with van der Waals surface area (Å²) in [7, 11) is 0. The van der Waals surface area contributed by atoms with Crippen LogP contribution in [0, 0.1) is 0 Å². The number of halogens is 2. The molecular formula is C7H14BrCl. The van der Waals surface area contributed by atoms with Crippen LogP contribution < -0.4 is 0 Å². The van der Waals surface area contributed by atoms with Gasteiger partial charge in [-0.2, -0.15) is 0 Å². The van der Waals surface area contributed by atoms with Gasteiger partial charge in [-0.1, -0.05) is 29.8 Å². The molecule has 0 aliphatic carbocycles. The van der Waals surface area contributed by atoms with Crippen LogP contribution >= 0.6 is 27.5 Å². The third-order valence-electron chi connectivity index (χ3n) is 1.32. The minimum absolute atomic E-state index is 0.380. The van der Waals surface area contributed by atoms with Crippen molar-refractivity contribution < 1.29 is 0 Å². The van der Waals surface area contributed by atoms with Crippen molar-refractivity contribution in [3.8, 4) is 0 Å². The van der Waals surface area contributed by atoms with Gasteiger partial charge in [0.05, 0.1) is 0 Å². The van der Waals surface area contributed by atoms with Crippen molar-refractivity contribution in [2.24, 2.45) is 0 Å². The van der Waals surface area contributed by atoms with Crippen molar-refractivity contribution in [1.29, 1.82) is 0 Å². The van der Waals surface area contributed by atoms with Gasteiger partial charge in [0.25, 0.3) is 0 Å². The lowest BCUT2D eigenvalue weighted by Gasteiger charge is -2.06. The molecule has 0 amide bonds. The van der Waals surface area contributed by atoms with E-state index in [2.05, 4.69) is 29.8 Å². The SMILES string of the molecule is CCC(Cl)CCC(C)Br. The summed E-state index contributed by atoms with van der Waals surface area (Å²) in [6.45, 7) is 4.27. The Morgan fingerprint density at radius 2 is 2.00 bits per heavy atom. The van der Waals surface area contributed by atoms with E-state index < -0.39 is 0 Å². The van der Waals surface area contributed by atoms with Crippen molar-refractivity contribution in [1.82, 2.24) is 0 Å². The minimum atomic E-state index is 0.380. The molecule has 0 heterocycles. The van der Waals surface area contributed by atoms with Crippen LogP contribution in [0.25, 0.3) is 0 Å². The monoisotopic (exact) mass is 212 g/mol. The first-order valence-corrected chi connectivity index (χ1v) is 4.80. The number of hydrogen-bond donors (Lipinski definition) is 0. The van der Waals surface area contributed by atoms with E-state index in [0.29, 0.717) is 10.2 Å². The van der Waals surface area contributed by atoms with Gasteiger partial charge in [-0.15, -0.1) is 11.6 Å². The van der Waals surface area contributed by atoms with Crippen molar-refractivity contribution in [2.75, 3.05) is 0 Å². The molecule has 2 atom stereocenters. The molecule has 0 nitrogen and oxygen atoms in total. The minimum Gasteiger partial charge on any atom is -0.123 e. The zero-order chi connectivity index (χ0) is 7.28. The van der Waals surface area contributed by atoms with Gasteiger partial charge in [0.15, 0.2) is 0 Å². The predicted octanol–water partition coefficient (Wildman–Crippen LogP) is 3.57. The van der Waals surface area contributed by atoms with Gasteiger partial charge in [-0.05, 0) is 19.3 Å². The zero-order valence-corrected chi connectivity index (χ0v) is 8.37. The van der Waals surface area contributed by atoms with E-state index in [4.69, 9.17) is 11.6 Å². The highest BCUT2D eigenvalue weighted by molar-refractivity contribution is 9.09. The lowest BCUT2D eigenvalue weighted by Crippen LogP contribution is -1.99. The highest BCUT2D eigenvalue weighted by atomic mass is 79.9. The summed E-state index contributed by atoms with van der Waals surface area (Å²) in [5.41, 5.74) is 0. The van der Waals surface area contributed by atoms with E-state index in [1.807, 2.05) is 0 Å². The first kappa shape index (κ1) is 9.77. The van der Waals surface area contributed by atoms with Crippen LogP contribution in [-0.2, 0) is 0 Å². The molecule has 0 radical (unpaired) electrons. The molecule has 0 aromatic heterocycles. The van der Waals surface area contributed by atoms with E-state index in [1.54, 1.807) is 0 Å². The molecule has 0 aromatic rings. The summed E-state index contributed by atoms with van der Waals surface area (Å²) in [5.74, 6) is 0. The second kappa shape index (κ2) is 5.55. The summed E-state index contributed by atoms with van der Waals surface area (Å²) in [5, 5.41) is 0.380. The molecule has 0 bridgehead atoms. The Hall–Kier alpha value is 0.770. The smallest absolute Gasteiger partial charge is 0.0333 e. The summed E-state index contributed by atoms with van der Waals surface area (Å²) in [6, 6.07) is 0. The number of alkyl halides is 2. The van der Waals surface area contributed by atoms with Crippen molar-refractivity contribution in [3.05, 3.63) is 0 Å². The fourth-order valence-corrected chi connectivity index (χ4v) is 1.00. The van der Waals surface area contributed by atoms with E-state index >= 15 is 0 Å². The Bertz CT molecular complexity index is 63.9. The van der Waals surface area contributed by atoms with Gasteiger partial charge in [0.1, 0.15) is 0 Å². The summed E-state index contributed by atoms with van der Waals surface area (Å²) in [4.78, 5) is 0.616. The molecule has 0 aliphatic rings. The molecule has 0 N–H and O–H groups in total. The predicted molar refractivity (Wildman–Crippen MR) is 47.6 cm³/mol. The lowest BCUT2D eigenvalue weighted by atomic mass is 10.2. The van der Waals surface area contributed by atoms with Crippen LogP contribution in [0.2, 0.25) is 0 Å². The van der Waals surface area contributed by atoms with E-state index in [9.17, 15) is 0 Å². The molecule has 2 heteroatoms. The van der Waals surface area contributed by atoms with Crippen LogP contribution in [-0.4, -0.2) is 10.2 Å². The van der Waals surface area contributed by atoms with Gasteiger partial charge >= 0.3 is 0 Å². The highest BCUT2D eigenvalue weighted by Gasteiger charge is 2.02. The summed E-state index contributed by atoms with van der Waals surface area (Å²) < 4.78 is 0. The van der Waals surface area contributed by atoms with Crippen molar-refractivity contribution in [3.63, 3.8) is 0 Å². The second-order valence-electron chi connectivity index (χ2n) is 2.36. The third kappa shape index (κ3) is 6.66. The van der Waals surface area contributed by atoms with Crippen LogP contribution in [0.4, 0.5) is 0 Å². The molecule has 2 unspecified atom stereocenters. The molecular weight excluding hydrogens is 199 g/mol. The lowest BCUT2D eigenvalue weighted by molar-refractivity contribution is 0.676. The van der Waals surface area contributed by atoms with E-state index in [0.717, 1.165) is 12.8 Å². The Morgan fingerprint density at radius 1 is 1.44 bits per heavy atom. The molecule has 0 spiro atoms. The number of rotatable bonds is 4. The van der Waals surface area contributed by atoms with Gasteiger partial charge in [-0.3, -0.25) is 0 Å². The fourth-order valence-electron chi connectivity index (χ4n) is 0.615. The van der Waals surface area contributed by atoms with Crippen LogP contribution in [0.15, 0.2) is 0 Å². The van der Waals surface area contributed by atoms with Gasteiger partial charge < -0.3 is 0 Å². The zero-order valence-electron chi connectivity index (χ0n) is 6.03. The van der Waals surface area contributed by atoms with E-state index in [1.165, 1.54) is 6.42 Å². The van der Waals surface area contributed by atoms with E-state index in [-0.39, 0.29) is 0 Å². The molecule has 0 aliphatic heterocycles. The van der Waals surface area contributed by atoms with Crippen molar-refractivity contribution in [2.45, 2.75) is 43.3 Å².